The SMILES string of the molecule is CN1CCN(CCNc2ncc(N)cn2)CC1. The van der Waals surface area contributed by atoms with Gasteiger partial charge < -0.3 is 16.0 Å². The quantitative estimate of drug-likeness (QED) is 0.749. The van der Waals surface area contributed by atoms with Crippen molar-refractivity contribution in [1.29, 1.82) is 0 Å². The van der Waals surface area contributed by atoms with Crippen molar-refractivity contribution < 1.29 is 0 Å². The van der Waals surface area contributed by atoms with E-state index < -0.39 is 0 Å². The van der Waals surface area contributed by atoms with Crippen molar-refractivity contribution in [3.63, 3.8) is 0 Å². The number of anilines is 2. The van der Waals surface area contributed by atoms with Crippen LogP contribution in [0.1, 0.15) is 0 Å². The van der Waals surface area contributed by atoms with E-state index in [1.165, 1.54) is 0 Å². The Hall–Kier alpha value is -1.40. The molecule has 0 bridgehead atoms. The maximum Gasteiger partial charge on any atom is 0.222 e. The third-order valence-corrected chi connectivity index (χ3v) is 2.98. The summed E-state index contributed by atoms with van der Waals surface area (Å²) in [5.74, 6) is 0.647. The summed E-state index contributed by atoms with van der Waals surface area (Å²) >= 11 is 0. The number of nitrogens with two attached hydrogens (primary N) is 1. The van der Waals surface area contributed by atoms with E-state index in [0.29, 0.717) is 11.6 Å². The first-order valence-electron chi connectivity index (χ1n) is 5.96. The van der Waals surface area contributed by atoms with Crippen LogP contribution in [0.2, 0.25) is 0 Å². The standard InChI is InChI=1S/C11H20N6/c1-16-4-6-17(7-5-16)3-2-13-11-14-8-10(12)9-15-11/h8-9H,2-7,12H2,1H3,(H,13,14,15). The average Bonchev–Trinajstić information content (AvgIpc) is 2.34. The van der Waals surface area contributed by atoms with E-state index in [4.69, 9.17) is 5.73 Å². The summed E-state index contributed by atoms with van der Waals surface area (Å²) in [5.41, 5.74) is 6.11. The van der Waals surface area contributed by atoms with Gasteiger partial charge in [-0.15, -0.1) is 0 Å². The lowest BCUT2D eigenvalue weighted by atomic mass is 10.3. The smallest absolute Gasteiger partial charge is 0.222 e. The molecular weight excluding hydrogens is 216 g/mol. The zero-order valence-corrected chi connectivity index (χ0v) is 10.3. The first-order chi connectivity index (χ1) is 8.24. The maximum atomic E-state index is 5.52. The molecule has 0 radical (unpaired) electrons. The first-order valence-corrected chi connectivity index (χ1v) is 5.96. The molecule has 0 spiro atoms. The zero-order chi connectivity index (χ0) is 12.1. The number of hydrogen-bond donors (Lipinski definition) is 2. The van der Waals surface area contributed by atoms with Crippen molar-refractivity contribution in [1.82, 2.24) is 19.8 Å². The van der Waals surface area contributed by atoms with Crippen LogP contribution in [0.5, 0.6) is 0 Å². The first kappa shape index (κ1) is 12.1. The van der Waals surface area contributed by atoms with Gasteiger partial charge in [0.15, 0.2) is 0 Å². The summed E-state index contributed by atoms with van der Waals surface area (Å²) in [6.07, 6.45) is 3.23. The van der Waals surface area contributed by atoms with E-state index in [9.17, 15) is 0 Å². The van der Waals surface area contributed by atoms with Crippen LogP contribution in [0.25, 0.3) is 0 Å². The van der Waals surface area contributed by atoms with Crippen molar-refractivity contribution in [3.05, 3.63) is 12.4 Å². The third-order valence-electron chi connectivity index (χ3n) is 2.98. The summed E-state index contributed by atoms with van der Waals surface area (Å²) in [4.78, 5) is 13.0. The van der Waals surface area contributed by atoms with Crippen molar-refractivity contribution in [2.45, 2.75) is 0 Å². The van der Waals surface area contributed by atoms with Gasteiger partial charge in [0.1, 0.15) is 0 Å². The van der Waals surface area contributed by atoms with Gasteiger partial charge in [-0.1, -0.05) is 0 Å². The fourth-order valence-electron chi connectivity index (χ4n) is 1.83. The second-order valence-corrected chi connectivity index (χ2v) is 4.41. The Morgan fingerprint density at radius 3 is 2.53 bits per heavy atom. The molecule has 0 aromatic carbocycles. The lowest BCUT2D eigenvalue weighted by Crippen LogP contribution is -2.45. The minimum absolute atomic E-state index is 0.592. The molecule has 0 atom stereocenters. The number of piperazine rings is 1. The molecular formula is C11H20N6. The fourth-order valence-corrected chi connectivity index (χ4v) is 1.83. The molecule has 1 fully saturated rings. The monoisotopic (exact) mass is 236 g/mol. The molecule has 0 amide bonds. The fraction of sp³-hybridized carbons (Fsp3) is 0.636. The van der Waals surface area contributed by atoms with Gasteiger partial charge in [0.25, 0.3) is 0 Å². The molecule has 1 aromatic rings. The molecule has 17 heavy (non-hydrogen) atoms. The van der Waals surface area contributed by atoms with Gasteiger partial charge in [0.2, 0.25) is 5.95 Å². The van der Waals surface area contributed by atoms with Crippen molar-refractivity contribution >= 4 is 11.6 Å². The zero-order valence-electron chi connectivity index (χ0n) is 10.3. The molecule has 6 nitrogen and oxygen atoms in total. The van der Waals surface area contributed by atoms with E-state index in [2.05, 4.69) is 32.1 Å². The predicted molar refractivity (Wildman–Crippen MR) is 68.9 cm³/mol. The Kier molecular flexibility index (Phi) is 4.11. The summed E-state index contributed by atoms with van der Waals surface area (Å²) in [5, 5.41) is 3.20. The Balaban J connectivity index is 1.67. The number of aromatic nitrogens is 2. The van der Waals surface area contributed by atoms with E-state index in [-0.39, 0.29) is 0 Å². The number of hydrogen-bond acceptors (Lipinski definition) is 6. The van der Waals surface area contributed by atoms with Crippen LogP contribution < -0.4 is 11.1 Å². The van der Waals surface area contributed by atoms with Crippen LogP contribution in [0, 0.1) is 0 Å². The predicted octanol–water partition coefficient (Wildman–Crippen LogP) is -0.282. The maximum absolute atomic E-state index is 5.52. The Morgan fingerprint density at radius 2 is 1.88 bits per heavy atom. The van der Waals surface area contributed by atoms with Crippen molar-refractivity contribution in [3.8, 4) is 0 Å². The molecule has 1 aromatic heterocycles. The molecule has 2 rings (SSSR count). The van der Waals surface area contributed by atoms with Crippen LogP contribution >= 0.6 is 0 Å². The Labute approximate surface area is 102 Å². The summed E-state index contributed by atoms with van der Waals surface area (Å²) in [7, 11) is 2.16. The minimum atomic E-state index is 0.592. The van der Waals surface area contributed by atoms with Crippen molar-refractivity contribution in [2.75, 3.05) is 57.4 Å². The Bertz CT molecular complexity index is 330. The second kappa shape index (κ2) is 5.79. The molecule has 0 unspecified atom stereocenters. The van der Waals surface area contributed by atoms with E-state index in [1.807, 2.05) is 0 Å². The van der Waals surface area contributed by atoms with Gasteiger partial charge in [-0.2, -0.15) is 0 Å². The van der Waals surface area contributed by atoms with E-state index in [0.717, 1.165) is 39.3 Å². The molecule has 0 saturated carbocycles. The highest BCUT2D eigenvalue weighted by atomic mass is 15.3. The molecule has 1 aliphatic heterocycles. The summed E-state index contributed by atoms with van der Waals surface area (Å²) < 4.78 is 0. The summed E-state index contributed by atoms with van der Waals surface area (Å²) in [6.45, 7) is 6.48. The molecule has 6 heteroatoms. The van der Waals surface area contributed by atoms with Crippen LogP contribution in [0.4, 0.5) is 11.6 Å². The van der Waals surface area contributed by atoms with Crippen LogP contribution in [0.15, 0.2) is 12.4 Å². The second-order valence-electron chi connectivity index (χ2n) is 4.41. The largest absolute Gasteiger partial charge is 0.396 e. The highest BCUT2D eigenvalue weighted by Gasteiger charge is 2.12. The lowest BCUT2D eigenvalue weighted by Gasteiger charge is -2.32. The number of likely N-dealkylation sites (N-methyl/N-ethyl adjacent to an activating group) is 1. The number of nitrogens with zero attached hydrogens (tertiary/aromatic N) is 4. The Morgan fingerprint density at radius 1 is 1.24 bits per heavy atom. The molecule has 2 heterocycles. The minimum Gasteiger partial charge on any atom is -0.396 e. The van der Waals surface area contributed by atoms with E-state index in [1.54, 1.807) is 12.4 Å². The van der Waals surface area contributed by atoms with E-state index >= 15 is 0 Å². The molecule has 3 N–H and O–H groups in total. The molecule has 1 saturated heterocycles. The van der Waals surface area contributed by atoms with Crippen LogP contribution in [0.3, 0.4) is 0 Å². The number of nitrogen functional groups attached to an aromatic ring is 1. The van der Waals surface area contributed by atoms with Gasteiger partial charge in [-0.3, -0.25) is 4.90 Å². The topological polar surface area (TPSA) is 70.3 Å². The molecule has 94 valence electrons. The van der Waals surface area contributed by atoms with Gasteiger partial charge in [0, 0.05) is 39.3 Å². The molecule has 0 aliphatic carbocycles. The normalized spacial score (nSPS) is 18.2. The van der Waals surface area contributed by atoms with Crippen LogP contribution in [-0.4, -0.2) is 66.1 Å². The highest BCUT2D eigenvalue weighted by molar-refractivity contribution is 5.35. The van der Waals surface area contributed by atoms with Gasteiger partial charge in [-0.05, 0) is 7.05 Å². The lowest BCUT2D eigenvalue weighted by molar-refractivity contribution is 0.158. The van der Waals surface area contributed by atoms with Gasteiger partial charge in [0.05, 0.1) is 18.1 Å². The third kappa shape index (κ3) is 3.83. The average molecular weight is 236 g/mol. The summed E-state index contributed by atoms with van der Waals surface area (Å²) in [6, 6.07) is 0. The van der Waals surface area contributed by atoms with Gasteiger partial charge in [-0.25, -0.2) is 9.97 Å². The number of rotatable bonds is 4. The van der Waals surface area contributed by atoms with Crippen molar-refractivity contribution in [2.24, 2.45) is 0 Å². The van der Waals surface area contributed by atoms with Crippen LogP contribution in [-0.2, 0) is 0 Å². The number of nitrogens with one attached hydrogen (secondary N) is 1. The molecule has 1 aliphatic rings. The van der Waals surface area contributed by atoms with Gasteiger partial charge >= 0.3 is 0 Å². The highest BCUT2D eigenvalue weighted by Crippen LogP contribution is 2.01.